The van der Waals surface area contributed by atoms with Crippen LogP contribution in [0.2, 0.25) is 0 Å². The van der Waals surface area contributed by atoms with Gasteiger partial charge in [0.1, 0.15) is 24.4 Å². The van der Waals surface area contributed by atoms with Crippen LogP contribution in [-0.4, -0.2) is 57.6 Å². The van der Waals surface area contributed by atoms with Crippen molar-refractivity contribution in [2.24, 2.45) is 5.92 Å². The lowest BCUT2D eigenvalue weighted by molar-refractivity contribution is -0.242. The molecule has 0 spiro atoms. The molecule has 0 aromatic heterocycles. The molecule has 18 heavy (non-hydrogen) atoms. The van der Waals surface area contributed by atoms with Gasteiger partial charge in [-0.05, 0) is 18.8 Å². The Morgan fingerprint density at radius 2 is 1.50 bits per heavy atom. The van der Waals surface area contributed by atoms with Gasteiger partial charge in [0, 0.05) is 0 Å². The van der Waals surface area contributed by atoms with Crippen LogP contribution in [0, 0.1) is 5.92 Å². The van der Waals surface area contributed by atoms with Crippen LogP contribution in [0.25, 0.3) is 0 Å². The molecule has 1 aliphatic rings. The lowest BCUT2D eigenvalue weighted by Crippen LogP contribution is -2.60. The van der Waals surface area contributed by atoms with E-state index in [1.807, 2.05) is 0 Å². The molecule has 0 radical (unpaired) electrons. The maximum atomic E-state index is 10.0. The first-order valence-electron chi connectivity index (χ1n) is 6.87. The molecule has 0 amide bonds. The minimum absolute atomic E-state index is 0.145. The maximum absolute atomic E-state index is 10.0. The molecule has 5 nitrogen and oxygen atoms in total. The minimum Gasteiger partial charge on any atom is -0.394 e. The zero-order valence-electron chi connectivity index (χ0n) is 11.2. The molecule has 4 N–H and O–H groups in total. The van der Waals surface area contributed by atoms with Gasteiger partial charge >= 0.3 is 0 Å². The Morgan fingerprint density at radius 3 is 1.94 bits per heavy atom. The van der Waals surface area contributed by atoms with Crippen molar-refractivity contribution in [1.82, 2.24) is 0 Å². The molecule has 108 valence electrons. The highest BCUT2D eigenvalue weighted by atomic mass is 16.5. The summed E-state index contributed by atoms with van der Waals surface area (Å²) in [5.41, 5.74) is 0. The lowest BCUT2D eigenvalue weighted by atomic mass is 9.83. The van der Waals surface area contributed by atoms with E-state index in [0.717, 1.165) is 25.7 Å². The highest BCUT2D eigenvalue weighted by molar-refractivity contribution is 4.94. The molecule has 0 aliphatic carbocycles. The molecule has 5 heteroatoms. The topological polar surface area (TPSA) is 90.2 Å². The second kappa shape index (κ2) is 7.40. The standard InChI is InChI=1S/C13H26O5/c1-3-5-8(6-4-2)13-12(17)11(16)10(15)9(7-14)18-13/h8-17H,3-7H2,1-2H3. The zero-order chi connectivity index (χ0) is 13.7. The van der Waals surface area contributed by atoms with Gasteiger partial charge in [0.2, 0.25) is 0 Å². The van der Waals surface area contributed by atoms with Crippen LogP contribution >= 0.6 is 0 Å². The Balaban J connectivity index is 2.77. The first-order chi connectivity index (χ1) is 8.56. The Labute approximate surface area is 108 Å². The molecule has 1 rings (SSSR count). The highest BCUT2D eigenvalue weighted by Gasteiger charge is 2.45. The van der Waals surface area contributed by atoms with Crippen molar-refractivity contribution < 1.29 is 25.2 Å². The monoisotopic (exact) mass is 262 g/mol. The predicted octanol–water partition coefficient (Wildman–Crippen LogP) is 0.0452. The number of rotatable bonds is 6. The Kier molecular flexibility index (Phi) is 6.52. The van der Waals surface area contributed by atoms with Crippen molar-refractivity contribution >= 4 is 0 Å². The van der Waals surface area contributed by atoms with E-state index in [1.54, 1.807) is 0 Å². The van der Waals surface area contributed by atoms with Gasteiger partial charge in [-0.25, -0.2) is 0 Å². The van der Waals surface area contributed by atoms with E-state index < -0.39 is 30.5 Å². The van der Waals surface area contributed by atoms with Crippen LogP contribution in [-0.2, 0) is 4.74 Å². The predicted molar refractivity (Wildman–Crippen MR) is 67.1 cm³/mol. The third kappa shape index (κ3) is 3.42. The highest BCUT2D eigenvalue weighted by Crippen LogP contribution is 2.30. The first kappa shape index (κ1) is 15.9. The second-order valence-corrected chi connectivity index (χ2v) is 5.13. The smallest absolute Gasteiger partial charge is 0.111 e. The molecular weight excluding hydrogens is 236 g/mol. The molecule has 1 fully saturated rings. The summed E-state index contributed by atoms with van der Waals surface area (Å²) in [7, 11) is 0. The van der Waals surface area contributed by atoms with E-state index in [0.29, 0.717) is 0 Å². The number of hydrogen-bond donors (Lipinski definition) is 4. The first-order valence-corrected chi connectivity index (χ1v) is 6.87. The number of aliphatic hydroxyl groups is 4. The van der Waals surface area contributed by atoms with E-state index in [1.165, 1.54) is 0 Å². The molecule has 1 saturated heterocycles. The van der Waals surface area contributed by atoms with Gasteiger partial charge in [-0.3, -0.25) is 0 Å². The van der Waals surface area contributed by atoms with E-state index >= 15 is 0 Å². The molecule has 1 heterocycles. The van der Waals surface area contributed by atoms with Crippen LogP contribution < -0.4 is 0 Å². The molecule has 5 unspecified atom stereocenters. The van der Waals surface area contributed by atoms with Gasteiger partial charge in [0.25, 0.3) is 0 Å². The summed E-state index contributed by atoms with van der Waals surface area (Å²) < 4.78 is 5.59. The summed E-state index contributed by atoms with van der Waals surface area (Å²) in [6, 6.07) is 0. The van der Waals surface area contributed by atoms with Crippen molar-refractivity contribution in [3.63, 3.8) is 0 Å². The third-order valence-electron chi connectivity index (χ3n) is 3.71. The van der Waals surface area contributed by atoms with Crippen molar-refractivity contribution in [2.45, 2.75) is 70.1 Å². The average Bonchev–Trinajstić information content (AvgIpc) is 2.36. The molecule has 1 aliphatic heterocycles. The fraction of sp³-hybridized carbons (Fsp3) is 1.00. The van der Waals surface area contributed by atoms with Gasteiger partial charge < -0.3 is 25.2 Å². The van der Waals surface area contributed by atoms with Gasteiger partial charge in [0.05, 0.1) is 12.7 Å². The molecule has 0 bridgehead atoms. The third-order valence-corrected chi connectivity index (χ3v) is 3.71. The van der Waals surface area contributed by atoms with Crippen LogP contribution in [0.5, 0.6) is 0 Å². The number of ether oxygens (including phenoxy) is 1. The van der Waals surface area contributed by atoms with Gasteiger partial charge in [0.15, 0.2) is 0 Å². The summed E-state index contributed by atoms with van der Waals surface area (Å²) in [6.45, 7) is 3.77. The molecule has 5 atom stereocenters. The minimum atomic E-state index is -1.25. The second-order valence-electron chi connectivity index (χ2n) is 5.13. The fourth-order valence-electron chi connectivity index (χ4n) is 2.73. The van der Waals surface area contributed by atoms with E-state index in [-0.39, 0.29) is 12.5 Å². The summed E-state index contributed by atoms with van der Waals surface area (Å²) >= 11 is 0. The SMILES string of the molecule is CCCC(CCC)C1OC(CO)C(O)C(O)C1O. The van der Waals surface area contributed by atoms with Crippen LogP contribution in [0.3, 0.4) is 0 Å². The van der Waals surface area contributed by atoms with Crippen molar-refractivity contribution in [1.29, 1.82) is 0 Å². The maximum Gasteiger partial charge on any atom is 0.111 e. The van der Waals surface area contributed by atoms with Crippen LogP contribution in [0.1, 0.15) is 39.5 Å². The Bertz CT molecular complexity index is 227. The van der Waals surface area contributed by atoms with Crippen molar-refractivity contribution in [2.75, 3.05) is 6.61 Å². The van der Waals surface area contributed by atoms with E-state index in [9.17, 15) is 15.3 Å². The largest absolute Gasteiger partial charge is 0.394 e. The molecule has 0 saturated carbocycles. The summed E-state index contributed by atoms with van der Waals surface area (Å²) in [4.78, 5) is 0. The molecular formula is C13H26O5. The lowest BCUT2D eigenvalue weighted by Gasteiger charge is -2.43. The number of hydrogen-bond acceptors (Lipinski definition) is 5. The number of aliphatic hydroxyl groups excluding tert-OH is 4. The quantitative estimate of drug-likeness (QED) is 0.543. The zero-order valence-corrected chi connectivity index (χ0v) is 11.2. The Morgan fingerprint density at radius 1 is 0.944 bits per heavy atom. The summed E-state index contributed by atoms with van der Waals surface area (Å²) in [6.07, 6.45) is -1.16. The van der Waals surface area contributed by atoms with E-state index in [4.69, 9.17) is 9.84 Å². The van der Waals surface area contributed by atoms with E-state index in [2.05, 4.69) is 13.8 Å². The van der Waals surface area contributed by atoms with Crippen LogP contribution in [0.15, 0.2) is 0 Å². The van der Waals surface area contributed by atoms with Crippen molar-refractivity contribution in [3.05, 3.63) is 0 Å². The summed E-state index contributed by atoms with van der Waals surface area (Å²) in [5, 5.41) is 38.7. The van der Waals surface area contributed by atoms with Crippen molar-refractivity contribution in [3.8, 4) is 0 Å². The fourth-order valence-corrected chi connectivity index (χ4v) is 2.73. The molecule has 0 aromatic rings. The molecule has 0 aromatic carbocycles. The van der Waals surface area contributed by atoms with Gasteiger partial charge in [-0.2, -0.15) is 0 Å². The Hall–Kier alpha value is -0.200. The van der Waals surface area contributed by atoms with Gasteiger partial charge in [-0.1, -0.05) is 26.7 Å². The average molecular weight is 262 g/mol. The van der Waals surface area contributed by atoms with Gasteiger partial charge in [-0.15, -0.1) is 0 Å². The summed E-state index contributed by atoms with van der Waals surface area (Å²) in [5.74, 6) is 0.145. The van der Waals surface area contributed by atoms with Crippen LogP contribution in [0.4, 0.5) is 0 Å². The normalized spacial score (nSPS) is 37.2.